The average molecular weight is 240 g/mol. The Kier molecular flexibility index (Phi) is 3.78. The van der Waals surface area contributed by atoms with Gasteiger partial charge in [0.2, 0.25) is 0 Å². The predicted molar refractivity (Wildman–Crippen MR) is 72.2 cm³/mol. The Morgan fingerprint density at radius 1 is 1.06 bits per heavy atom. The van der Waals surface area contributed by atoms with Crippen molar-refractivity contribution in [2.24, 2.45) is 0 Å². The maximum Gasteiger partial charge on any atom is 0.170 e. The molecule has 0 aliphatic heterocycles. The Morgan fingerprint density at radius 3 is 2.44 bits per heavy atom. The molecule has 0 N–H and O–H groups in total. The quantitative estimate of drug-likeness (QED) is 0.762. The summed E-state index contributed by atoms with van der Waals surface area (Å²) in [6.07, 6.45) is 0. The molecule has 0 aliphatic rings. The van der Waals surface area contributed by atoms with Gasteiger partial charge in [-0.2, -0.15) is 0 Å². The van der Waals surface area contributed by atoms with E-state index in [0.29, 0.717) is 0 Å². The molecule has 0 heterocycles. The average Bonchev–Trinajstić information content (AvgIpc) is 2.46. The third kappa shape index (κ3) is 2.59. The van der Waals surface area contributed by atoms with E-state index in [1.54, 1.807) is 7.11 Å². The van der Waals surface area contributed by atoms with E-state index in [9.17, 15) is 4.79 Å². The summed E-state index contributed by atoms with van der Waals surface area (Å²) in [5, 5.41) is 0. The SMILES string of the molecule is COc1cccc([C@@H](C)C(=O)c2ccccc2)c1. The van der Waals surface area contributed by atoms with Crippen molar-refractivity contribution in [2.75, 3.05) is 7.11 Å². The summed E-state index contributed by atoms with van der Waals surface area (Å²) in [7, 11) is 1.63. The maximum absolute atomic E-state index is 12.3. The van der Waals surface area contributed by atoms with Crippen LogP contribution in [-0.4, -0.2) is 12.9 Å². The van der Waals surface area contributed by atoms with Crippen LogP contribution < -0.4 is 4.74 Å². The van der Waals surface area contributed by atoms with Crippen LogP contribution in [0, 0.1) is 0 Å². The van der Waals surface area contributed by atoms with Crippen LogP contribution in [0.4, 0.5) is 0 Å². The van der Waals surface area contributed by atoms with E-state index in [-0.39, 0.29) is 11.7 Å². The summed E-state index contributed by atoms with van der Waals surface area (Å²) in [5.74, 6) is 0.742. The summed E-state index contributed by atoms with van der Waals surface area (Å²) in [6, 6.07) is 17.0. The molecular weight excluding hydrogens is 224 g/mol. The third-order valence-electron chi connectivity index (χ3n) is 3.05. The first-order chi connectivity index (χ1) is 8.72. The number of hydrogen-bond acceptors (Lipinski definition) is 2. The van der Waals surface area contributed by atoms with Crippen LogP contribution in [-0.2, 0) is 0 Å². The number of ether oxygens (including phenoxy) is 1. The Labute approximate surface area is 107 Å². The summed E-state index contributed by atoms with van der Waals surface area (Å²) in [4.78, 5) is 12.3. The fraction of sp³-hybridized carbons (Fsp3) is 0.188. The normalized spacial score (nSPS) is 11.9. The highest BCUT2D eigenvalue weighted by Gasteiger charge is 2.17. The molecule has 0 unspecified atom stereocenters. The van der Waals surface area contributed by atoms with Gasteiger partial charge in [0.1, 0.15) is 5.75 Å². The molecule has 0 radical (unpaired) electrons. The van der Waals surface area contributed by atoms with Gasteiger partial charge in [0.25, 0.3) is 0 Å². The highest BCUT2D eigenvalue weighted by atomic mass is 16.5. The molecule has 0 bridgehead atoms. The van der Waals surface area contributed by atoms with Gasteiger partial charge in [-0.15, -0.1) is 0 Å². The topological polar surface area (TPSA) is 26.3 Å². The molecule has 18 heavy (non-hydrogen) atoms. The minimum atomic E-state index is -0.164. The first-order valence-corrected chi connectivity index (χ1v) is 5.95. The number of benzene rings is 2. The molecule has 0 saturated heterocycles. The maximum atomic E-state index is 12.3. The molecule has 0 aromatic heterocycles. The molecule has 2 rings (SSSR count). The summed E-state index contributed by atoms with van der Waals surface area (Å²) >= 11 is 0. The standard InChI is InChI=1S/C16H16O2/c1-12(14-9-6-10-15(11-14)18-2)16(17)13-7-4-3-5-8-13/h3-12H,1-2H3/t12-/m1/s1. The molecule has 0 spiro atoms. The molecule has 2 aromatic rings. The number of carbonyl (C=O) groups is 1. The molecule has 2 aromatic carbocycles. The third-order valence-corrected chi connectivity index (χ3v) is 3.05. The highest BCUT2D eigenvalue weighted by molar-refractivity contribution is 6.00. The smallest absolute Gasteiger partial charge is 0.170 e. The Morgan fingerprint density at radius 2 is 1.78 bits per heavy atom. The number of carbonyl (C=O) groups excluding carboxylic acids is 1. The molecule has 0 amide bonds. The molecule has 0 aliphatic carbocycles. The summed E-state index contributed by atoms with van der Waals surface area (Å²) < 4.78 is 5.18. The fourth-order valence-corrected chi connectivity index (χ4v) is 1.91. The van der Waals surface area contributed by atoms with Crippen molar-refractivity contribution in [1.82, 2.24) is 0 Å². The van der Waals surface area contributed by atoms with Gasteiger partial charge in [-0.3, -0.25) is 4.79 Å². The number of Topliss-reactive ketones (excluding diaryl/α,β-unsaturated/α-hetero) is 1. The van der Waals surface area contributed by atoms with Gasteiger partial charge in [0.05, 0.1) is 7.11 Å². The lowest BCUT2D eigenvalue weighted by molar-refractivity contribution is 0.0966. The number of ketones is 1. The van der Waals surface area contributed by atoms with Gasteiger partial charge in [0, 0.05) is 11.5 Å². The lowest BCUT2D eigenvalue weighted by atomic mass is 9.92. The minimum absolute atomic E-state index is 0.129. The van der Waals surface area contributed by atoms with Gasteiger partial charge in [-0.25, -0.2) is 0 Å². The van der Waals surface area contributed by atoms with Crippen LogP contribution in [0.1, 0.15) is 28.8 Å². The second-order valence-corrected chi connectivity index (χ2v) is 4.23. The van der Waals surface area contributed by atoms with Crippen molar-refractivity contribution in [3.63, 3.8) is 0 Å². The van der Waals surface area contributed by atoms with Crippen molar-refractivity contribution in [2.45, 2.75) is 12.8 Å². The molecule has 0 fully saturated rings. The molecule has 92 valence electrons. The van der Waals surface area contributed by atoms with Crippen LogP contribution >= 0.6 is 0 Å². The van der Waals surface area contributed by atoms with Gasteiger partial charge in [0.15, 0.2) is 5.78 Å². The number of hydrogen-bond donors (Lipinski definition) is 0. The Balaban J connectivity index is 2.25. The first-order valence-electron chi connectivity index (χ1n) is 5.95. The monoisotopic (exact) mass is 240 g/mol. The molecule has 2 nitrogen and oxygen atoms in total. The van der Waals surface area contributed by atoms with Crippen molar-refractivity contribution in [1.29, 1.82) is 0 Å². The second-order valence-electron chi connectivity index (χ2n) is 4.23. The first kappa shape index (κ1) is 12.4. The van der Waals surface area contributed by atoms with E-state index in [0.717, 1.165) is 16.9 Å². The van der Waals surface area contributed by atoms with E-state index in [1.165, 1.54) is 0 Å². The van der Waals surface area contributed by atoms with Crippen LogP contribution in [0.25, 0.3) is 0 Å². The van der Waals surface area contributed by atoms with Crippen molar-refractivity contribution in [3.8, 4) is 5.75 Å². The van der Waals surface area contributed by atoms with Crippen LogP contribution in [0.5, 0.6) is 5.75 Å². The molecular formula is C16H16O2. The van der Waals surface area contributed by atoms with E-state index in [2.05, 4.69) is 0 Å². The van der Waals surface area contributed by atoms with E-state index in [1.807, 2.05) is 61.5 Å². The number of methoxy groups -OCH3 is 1. The summed E-state index contributed by atoms with van der Waals surface area (Å²) in [6.45, 7) is 1.92. The summed E-state index contributed by atoms with van der Waals surface area (Å²) in [5.41, 5.74) is 1.72. The number of rotatable bonds is 4. The van der Waals surface area contributed by atoms with Crippen LogP contribution in [0.15, 0.2) is 54.6 Å². The Bertz CT molecular complexity index is 532. The van der Waals surface area contributed by atoms with E-state index >= 15 is 0 Å². The zero-order valence-corrected chi connectivity index (χ0v) is 10.6. The van der Waals surface area contributed by atoms with Gasteiger partial charge >= 0.3 is 0 Å². The van der Waals surface area contributed by atoms with E-state index < -0.39 is 0 Å². The largest absolute Gasteiger partial charge is 0.497 e. The molecule has 2 heteroatoms. The van der Waals surface area contributed by atoms with Crippen molar-refractivity contribution >= 4 is 5.78 Å². The van der Waals surface area contributed by atoms with Crippen LogP contribution in [0.2, 0.25) is 0 Å². The lowest BCUT2D eigenvalue weighted by Gasteiger charge is -2.12. The lowest BCUT2D eigenvalue weighted by Crippen LogP contribution is -2.09. The van der Waals surface area contributed by atoms with E-state index in [4.69, 9.17) is 4.74 Å². The fourth-order valence-electron chi connectivity index (χ4n) is 1.91. The Hall–Kier alpha value is -2.09. The van der Waals surface area contributed by atoms with Crippen molar-refractivity contribution in [3.05, 3.63) is 65.7 Å². The molecule has 1 atom stereocenters. The minimum Gasteiger partial charge on any atom is -0.497 e. The zero-order valence-electron chi connectivity index (χ0n) is 10.6. The second kappa shape index (κ2) is 5.50. The predicted octanol–water partition coefficient (Wildman–Crippen LogP) is 3.68. The van der Waals surface area contributed by atoms with Gasteiger partial charge in [-0.05, 0) is 17.7 Å². The van der Waals surface area contributed by atoms with Crippen LogP contribution in [0.3, 0.4) is 0 Å². The van der Waals surface area contributed by atoms with Gasteiger partial charge < -0.3 is 4.74 Å². The van der Waals surface area contributed by atoms with Gasteiger partial charge in [-0.1, -0.05) is 49.4 Å². The molecule has 0 saturated carbocycles. The van der Waals surface area contributed by atoms with Crippen molar-refractivity contribution < 1.29 is 9.53 Å². The zero-order chi connectivity index (χ0) is 13.0. The highest BCUT2D eigenvalue weighted by Crippen LogP contribution is 2.23.